The second-order valence-electron chi connectivity index (χ2n) is 7.86. The number of morpholine rings is 1. The lowest BCUT2D eigenvalue weighted by Gasteiger charge is -2.37. The zero-order valence-electron chi connectivity index (χ0n) is 18.8. The Labute approximate surface area is 203 Å². The van der Waals surface area contributed by atoms with Crippen LogP contribution in [0.4, 0.5) is 5.69 Å². The van der Waals surface area contributed by atoms with Crippen LogP contribution in [0.25, 0.3) is 0 Å². The van der Waals surface area contributed by atoms with Crippen molar-refractivity contribution in [3.05, 3.63) is 52.0 Å². The molecule has 0 aromatic heterocycles. The quantitative estimate of drug-likeness (QED) is 0.520. The zero-order valence-corrected chi connectivity index (χ0v) is 21.2. The molecule has 0 unspecified atom stereocenters. The molecule has 0 radical (unpaired) electrons. The molecule has 2 aromatic carbocycles. The largest absolute Gasteiger partial charge is 0.490 e. The van der Waals surface area contributed by atoms with Crippen LogP contribution in [0, 0.1) is 6.92 Å². The molecule has 1 saturated heterocycles. The van der Waals surface area contributed by atoms with E-state index in [1.54, 1.807) is 6.07 Å². The summed E-state index contributed by atoms with van der Waals surface area (Å²) in [5, 5.41) is 2.88. The van der Waals surface area contributed by atoms with Crippen LogP contribution in [0.2, 0.25) is 0 Å². The normalized spacial score (nSPS) is 18.2. The molecule has 1 amide bonds. The third-order valence-corrected chi connectivity index (χ3v) is 6.01. The van der Waals surface area contributed by atoms with Crippen molar-refractivity contribution in [2.24, 2.45) is 0 Å². The number of carbonyl (C=O) groups excluding carboxylic acids is 1. The molecule has 32 heavy (non-hydrogen) atoms. The lowest BCUT2D eigenvalue weighted by atomic mass is 10.1. The topological polar surface area (TPSA) is 60.0 Å². The van der Waals surface area contributed by atoms with Gasteiger partial charge in [0.05, 0.1) is 18.8 Å². The van der Waals surface area contributed by atoms with Gasteiger partial charge in [0.2, 0.25) is 0 Å². The highest BCUT2D eigenvalue weighted by Gasteiger charge is 2.25. The highest BCUT2D eigenvalue weighted by Crippen LogP contribution is 2.30. The number of halogens is 1. The van der Waals surface area contributed by atoms with Crippen molar-refractivity contribution in [1.82, 2.24) is 4.90 Å². The van der Waals surface area contributed by atoms with Gasteiger partial charge in [0.15, 0.2) is 18.1 Å². The molecule has 0 bridgehead atoms. The minimum Gasteiger partial charge on any atom is -0.490 e. The number of nitrogens with zero attached hydrogens (tertiary/aromatic N) is 1. The Hall–Kier alpha value is -2.16. The van der Waals surface area contributed by atoms with Gasteiger partial charge in [-0.1, -0.05) is 28.1 Å². The van der Waals surface area contributed by atoms with Crippen LogP contribution in [0.15, 0.2) is 40.9 Å². The molecule has 1 heterocycles. The summed E-state index contributed by atoms with van der Waals surface area (Å²) in [6, 6.07) is 11.3. The predicted octanol–water partition coefficient (Wildman–Crippen LogP) is 4.96. The molecule has 1 fully saturated rings. The monoisotopic (exact) mass is 520 g/mol. The Morgan fingerprint density at radius 2 is 1.88 bits per heavy atom. The van der Waals surface area contributed by atoms with Crippen molar-refractivity contribution < 1.29 is 19.0 Å². The first-order chi connectivity index (χ1) is 15.3. The van der Waals surface area contributed by atoms with Gasteiger partial charge < -0.3 is 24.4 Å². The number of anilines is 1. The van der Waals surface area contributed by atoms with E-state index in [9.17, 15) is 4.79 Å². The van der Waals surface area contributed by atoms with E-state index in [1.807, 2.05) is 44.2 Å². The molecule has 1 aliphatic rings. The molecule has 8 heteroatoms. The van der Waals surface area contributed by atoms with Gasteiger partial charge in [-0.25, -0.2) is 0 Å². The number of carbonyl (C=O) groups is 1. The minimum atomic E-state index is -0.242. The highest BCUT2D eigenvalue weighted by atomic mass is 79.9. The van der Waals surface area contributed by atoms with E-state index in [0.717, 1.165) is 39.4 Å². The summed E-state index contributed by atoms with van der Waals surface area (Å²) in [7, 11) is 0. The summed E-state index contributed by atoms with van der Waals surface area (Å²) >= 11 is 9.16. The van der Waals surface area contributed by atoms with Crippen LogP contribution < -0.4 is 14.8 Å². The van der Waals surface area contributed by atoms with Crippen LogP contribution in [0.5, 0.6) is 11.5 Å². The summed E-state index contributed by atoms with van der Waals surface area (Å²) in [6.07, 6.45) is 0.247. The average Bonchev–Trinajstić information content (AvgIpc) is 2.74. The molecule has 1 aliphatic heterocycles. The van der Waals surface area contributed by atoms with Gasteiger partial charge >= 0.3 is 0 Å². The third kappa shape index (κ3) is 6.43. The van der Waals surface area contributed by atoms with Crippen molar-refractivity contribution in [3.8, 4) is 11.5 Å². The Morgan fingerprint density at radius 1 is 1.16 bits per heavy atom. The van der Waals surface area contributed by atoms with E-state index < -0.39 is 0 Å². The molecule has 3 rings (SSSR count). The van der Waals surface area contributed by atoms with Crippen molar-refractivity contribution in [2.75, 3.05) is 31.6 Å². The number of nitrogens with one attached hydrogen (secondary N) is 1. The average molecular weight is 521 g/mol. The molecule has 172 valence electrons. The fourth-order valence-corrected chi connectivity index (χ4v) is 4.40. The third-order valence-electron chi connectivity index (χ3n) is 5.02. The van der Waals surface area contributed by atoms with Gasteiger partial charge in [0, 0.05) is 28.8 Å². The van der Waals surface area contributed by atoms with Gasteiger partial charge in [-0.3, -0.25) is 4.79 Å². The highest BCUT2D eigenvalue weighted by molar-refractivity contribution is 9.10. The maximum Gasteiger partial charge on any atom is 0.262 e. The van der Waals surface area contributed by atoms with Gasteiger partial charge in [0.1, 0.15) is 4.99 Å². The van der Waals surface area contributed by atoms with E-state index in [0.29, 0.717) is 18.1 Å². The molecular weight excluding hydrogens is 492 g/mol. The number of hydrogen-bond donors (Lipinski definition) is 1. The maximum absolute atomic E-state index is 12.4. The first-order valence-corrected chi connectivity index (χ1v) is 11.9. The van der Waals surface area contributed by atoms with Gasteiger partial charge in [-0.15, -0.1) is 0 Å². The zero-order chi connectivity index (χ0) is 23.3. The number of ether oxygens (including phenoxy) is 3. The van der Waals surface area contributed by atoms with E-state index >= 15 is 0 Å². The van der Waals surface area contributed by atoms with Crippen molar-refractivity contribution in [2.45, 2.75) is 39.9 Å². The summed E-state index contributed by atoms with van der Waals surface area (Å²) in [6.45, 7) is 9.79. The van der Waals surface area contributed by atoms with Gasteiger partial charge in [-0.2, -0.15) is 0 Å². The van der Waals surface area contributed by atoms with Crippen molar-refractivity contribution in [1.29, 1.82) is 0 Å². The van der Waals surface area contributed by atoms with Gasteiger partial charge in [-0.05, 0) is 69.7 Å². The molecular formula is C24H29BrN2O4S. The second kappa shape index (κ2) is 11.1. The van der Waals surface area contributed by atoms with Crippen LogP contribution >= 0.6 is 28.1 Å². The van der Waals surface area contributed by atoms with Crippen molar-refractivity contribution >= 4 is 44.7 Å². The Bertz CT molecular complexity index is 974. The molecule has 2 aromatic rings. The summed E-state index contributed by atoms with van der Waals surface area (Å²) in [4.78, 5) is 15.3. The molecule has 0 spiro atoms. The SMILES string of the molecule is CCOc1cc(C(=S)N2C[C@@H](C)O[C@H](C)C2)ccc1OCC(=O)Nc1ccc(Br)cc1C. The number of aryl methyl sites for hydroxylation is 1. The second-order valence-corrected chi connectivity index (χ2v) is 9.16. The number of thiocarbonyl (C=S) groups is 1. The molecule has 6 nitrogen and oxygen atoms in total. The minimum absolute atomic E-state index is 0.124. The maximum atomic E-state index is 12.4. The Morgan fingerprint density at radius 3 is 2.53 bits per heavy atom. The number of rotatable bonds is 7. The molecule has 0 aliphatic carbocycles. The molecule has 0 saturated carbocycles. The fraction of sp³-hybridized carbons (Fsp3) is 0.417. The number of amides is 1. The van der Waals surface area contributed by atoms with E-state index in [-0.39, 0.29) is 24.7 Å². The number of hydrogen-bond acceptors (Lipinski definition) is 5. The Balaban J connectivity index is 1.67. The standard InChI is InChI=1S/C24H29BrN2O4S/c1-5-29-22-11-18(24(32)27-12-16(3)31-17(4)13-27)6-9-21(22)30-14-23(28)26-20-8-7-19(25)10-15(20)2/h6-11,16-17H,5,12-14H2,1-4H3,(H,26,28)/t16-,17-/m1/s1. The van der Waals surface area contributed by atoms with E-state index in [4.69, 9.17) is 26.4 Å². The van der Waals surface area contributed by atoms with Crippen LogP contribution in [-0.2, 0) is 9.53 Å². The van der Waals surface area contributed by atoms with Crippen LogP contribution in [0.3, 0.4) is 0 Å². The number of benzene rings is 2. The lowest BCUT2D eigenvalue weighted by Crippen LogP contribution is -2.47. The fourth-order valence-electron chi connectivity index (χ4n) is 3.65. The molecule has 2 atom stereocenters. The van der Waals surface area contributed by atoms with E-state index in [1.165, 1.54) is 0 Å². The van der Waals surface area contributed by atoms with Gasteiger partial charge in [0.25, 0.3) is 5.91 Å². The van der Waals surface area contributed by atoms with E-state index in [2.05, 4.69) is 40.0 Å². The smallest absolute Gasteiger partial charge is 0.262 e. The molecule has 1 N–H and O–H groups in total. The van der Waals surface area contributed by atoms with Crippen LogP contribution in [-0.4, -0.2) is 54.3 Å². The Kier molecular flexibility index (Phi) is 8.51. The first kappa shape index (κ1) is 24.5. The summed E-state index contributed by atoms with van der Waals surface area (Å²) in [5.41, 5.74) is 2.60. The first-order valence-electron chi connectivity index (χ1n) is 10.7. The van der Waals surface area contributed by atoms with Crippen LogP contribution in [0.1, 0.15) is 31.9 Å². The predicted molar refractivity (Wildman–Crippen MR) is 134 cm³/mol. The van der Waals surface area contributed by atoms with Crippen molar-refractivity contribution in [3.63, 3.8) is 0 Å². The lowest BCUT2D eigenvalue weighted by molar-refractivity contribution is -0.118. The summed E-state index contributed by atoms with van der Waals surface area (Å²) in [5.74, 6) is 0.827. The summed E-state index contributed by atoms with van der Waals surface area (Å²) < 4.78 is 18.3.